The molecule has 3 rings (SSSR count). The van der Waals surface area contributed by atoms with Crippen LogP contribution in [0.3, 0.4) is 0 Å². The minimum atomic E-state index is -3.16. The lowest BCUT2D eigenvalue weighted by molar-refractivity contribution is -0.136. The summed E-state index contributed by atoms with van der Waals surface area (Å²) in [6, 6.07) is 3.79. The van der Waals surface area contributed by atoms with E-state index in [0.29, 0.717) is 19.5 Å². The molecule has 0 spiro atoms. The standard InChI is InChI=1S/C16H23NO3S2/c18-16(13-5-2-1-3-6-13)17-9-8-15(14-7-4-11-21-14)22(19,20)12-10-17/h4,7,11,13,15H,1-3,5-6,8-10,12H2. The van der Waals surface area contributed by atoms with Gasteiger partial charge < -0.3 is 4.90 Å². The molecular weight excluding hydrogens is 318 g/mol. The highest BCUT2D eigenvalue weighted by Crippen LogP contribution is 2.33. The summed E-state index contributed by atoms with van der Waals surface area (Å²) in [5, 5.41) is 1.48. The van der Waals surface area contributed by atoms with Crippen LogP contribution in [0.4, 0.5) is 0 Å². The molecule has 0 radical (unpaired) electrons. The first-order valence-electron chi connectivity index (χ1n) is 8.12. The van der Waals surface area contributed by atoms with Gasteiger partial charge in [0.05, 0.1) is 11.0 Å². The van der Waals surface area contributed by atoms with E-state index in [4.69, 9.17) is 0 Å². The maximum atomic E-state index is 12.6. The molecule has 1 aliphatic heterocycles. The van der Waals surface area contributed by atoms with Gasteiger partial charge in [0.2, 0.25) is 5.91 Å². The van der Waals surface area contributed by atoms with Gasteiger partial charge in [0.25, 0.3) is 0 Å². The van der Waals surface area contributed by atoms with E-state index in [0.717, 1.165) is 30.6 Å². The van der Waals surface area contributed by atoms with Gasteiger partial charge in [0.1, 0.15) is 0 Å². The second-order valence-electron chi connectivity index (χ2n) is 6.32. The van der Waals surface area contributed by atoms with Gasteiger partial charge in [-0.05, 0) is 30.7 Å². The van der Waals surface area contributed by atoms with E-state index in [-0.39, 0.29) is 17.6 Å². The Kier molecular flexibility index (Phi) is 4.88. The predicted molar refractivity (Wildman–Crippen MR) is 88.6 cm³/mol. The largest absolute Gasteiger partial charge is 0.341 e. The van der Waals surface area contributed by atoms with Crippen LogP contribution in [0.1, 0.15) is 48.7 Å². The summed E-state index contributed by atoms with van der Waals surface area (Å²) in [6.45, 7) is 0.927. The zero-order valence-corrected chi connectivity index (χ0v) is 14.4. The molecule has 2 heterocycles. The lowest BCUT2D eigenvalue weighted by Gasteiger charge is -2.28. The topological polar surface area (TPSA) is 54.5 Å². The summed E-state index contributed by atoms with van der Waals surface area (Å²) >= 11 is 1.50. The number of carbonyl (C=O) groups excluding carboxylic acids is 1. The van der Waals surface area contributed by atoms with Gasteiger partial charge in [0, 0.05) is 23.9 Å². The molecule has 1 aromatic heterocycles. The molecule has 22 heavy (non-hydrogen) atoms. The van der Waals surface area contributed by atoms with Gasteiger partial charge in [-0.15, -0.1) is 11.3 Å². The summed E-state index contributed by atoms with van der Waals surface area (Å²) in [6.07, 6.45) is 5.94. The van der Waals surface area contributed by atoms with Crippen molar-refractivity contribution in [2.75, 3.05) is 18.8 Å². The van der Waals surface area contributed by atoms with Crippen molar-refractivity contribution in [3.05, 3.63) is 22.4 Å². The highest BCUT2D eigenvalue weighted by atomic mass is 32.2. The molecule has 1 saturated carbocycles. The van der Waals surface area contributed by atoms with Gasteiger partial charge in [-0.25, -0.2) is 8.42 Å². The Bertz CT molecular complexity index is 603. The molecule has 0 bridgehead atoms. The molecule has 1 unspecified atom stereocenters. The van der Waals surface area contributed by atoms with Gasteiger partial charge in [0.15, 0.2) is 9.84 Å². The van der Waals surface area contributed by atoms with Crippen molar-refractivity contribution >= 4 is 27.1 Å². The summed E-state index contributed by atoms with van der Waals surface area (Å²) in [5.74, 6) is 0.394. The Hall–Kier alpha value is -0.880. The van der Waals surface area contributed by atoms with Gasteiger partial charge in [-0.3, -0.25) is 4.79 Å². The van der Waals surface area contributed by atoms with E-state index in [2.05, 4.69) is 0 Å². The Balaban J connectivity index is 1.72. The minimum Gasteiger partial charge on any atom is -0.341 e. The summed E-state index contributed by atoms with van der Waals surface area (Å²) in [4.78, 5) is 15.4. The molecule has 0 N–H and O–H groups in total. The van der Waals surface area contributed by atoms with Crippen LogP contribution in [0.25, 0.3) is 0 Å². The Labute approximate surface area is 136 Å². The first-order chi connectivity index (χ1) is 10.6. The van der Waals surface area contributed by atoms with E-state index >= 15 is 0 Å². The second kappa shape index (κ2) is 6.71. The Morgan fingerprint density at radius 1 is 1.14 bits per heavy atom. The number of hydrogen-bond acceptors (Lipinski definition) is 4. The molecule has 1 saturated heterocycles. The van der Waals surface area contributed by atoms with Crippen molar-refractivity contribution in [3.8, 4) is 0 Å². The highest BCUT2D eigenvalue weighted by Gasteiger charge is 2.35. The molecule has 1 atom stereocenters. The number of amides is 1. The number of thiophene rings is 1. The third-order valence-electron chi connectivity index (χ3n) is 4.87. The number of hydrogen-bond donors (Lipinski definition) is 0. The van der Waals surface area contributed by atoms with Crippen LogP contribution in [-0.2, 0) is 14.6 Å². The maximum absolute atomic E-state index is 12.6. The monoisotopic (exact) mass is 341 g/mol. The molecule has 1 aromatic rings. The lowest BCUT2D eigenvalue weighted by Crippen LogP contribution is -2.38. The fourth-order valence-corrected chi connectivity index (χ4v) is 6.57. The van der Waals surface area contributed by atoms with Crippen LogP contribution >= 0.6 is 11.3 Å². The van der Waals surface area contributed by atoms with Crippen molar-refractivity contribution in [3.63, 3.8) is 0 Å². The van der Waals surface area contributed by atoms with Crippen molar-refractivity contribution in [2.45, 2.75) is 43.8 Å². The molecule has 2 fully saturated rings. The Morgan fingerprint density at radius 3 is 2.59 bits per heavy atom. The first kappa shape index (κ1) is 16.0. The molecule has 4 nitrogen and oxygen atoms in total. The predicted octanol–water partition coefficient (Wildman–Crippen LogP) is 3.02. The van der Waals surface area contributed by atoms with Crippen molar-refractivity contribution in [1.82, 2.24) is 4.90 Å². The van der Waals surface area contributed by atoms with E-state index in [9.17, 15) is 13.2 Å². The summed E-state index contributed by atoms with van der Waals surface area (Å²) in [5.41, 5.74) is 0. The van der Waals surface area contributed by atoms with Crippen LogP contribution < -0.4 is 0 Å². The number of carbonyl (C=O) groups is 1. The fourth-order valence-electron chi connectivity index (χ4n) is 3.57. The number of rotatable bonds is 2. The molecule has 0 aromatic carbocycles. The second-order valence-corrected chi connectivity index (χ2v) is 9.60. The minimum absolute atomic E-state index is 0.0913. The highest BCUT2D eigenvalue weighted by molar-refractivity contribution is 7.91. The van der Waals surface area contributed by atoms with Crippen molar-refractivity contribution in [1.29, 1.82) is 0 Å². The number of sulfone groups is 1. The lowest BCUT2D eigenvalue weighted by atomic mass is 9.88. The van der Waals surface area contributed by atoms with Crippen LogP contribution in [0.15, 0.2) is 17.5 Å². The molecular formula is C16H23NO3S2. The Morgan fingerprint density at radius 2 is 1.91 bits per heavy atom. The van der Waals surface area contributed by atoms with Crippen molar-refractivity contribution in [2.24, 2.45) is 5.92 Å². The van der Waals surface area contributed by atoms with Gasteiger partial charge in [-0.2, -0.15) is 0 Å². The third kappa shape index (κ3) is 3.38. The quantitative estimate of drug-likeness (QED) is 0.831. The smallest absolute Gasteiger partial charge is 0.225 e. The molecule has 2 aliphatic rings. The van der Waals surface area contributed by atoms with E-state index in [1.165, 1.54) is 17.8 Å². The van der Waals surface area contributed by atoms with Crippen molar-refractivity contribution < 1.29 is 13.2 Å². The average Bonchev–Trinajstić information content (AvgIpc) is 2.99. The van der Waals surface area contributed by atoms with E-state index < -0.39 is 15.1 Å². The summed E-state index contributed by atoms with van der Waals surface area (Å²) < 4.78 is 25.0. The normalized spacial score (nSPS) is 26.5. The molecule has 1 aliphatic carbocycles. The zero-order valence-electron chi connectivity index (χ0n) is 12.7. The SMILES string of the molecule is O=C(C1CCCCC1)N1CCC(c2cccs2)S(=O)(=O)CC1. The van der Waals surface area contributed by atoms with Gasteiger partial charge >= 0.3 is 0 Å². The first-order valence-corrected chi connectivity index (χ1v) is 10.7. The zero-order chi connectivity index (χ0) is 15.6. The fraction of sp³-hybridized carbons (Fsp3) is 0.688. The summed E-state index contributed by atoms with van der Waals surface area (Å²) in [7, 11) is -3.16. The van der Waals surface area contributed by atoms with E-state index in [1.54, 1.807) is 4.90 Å². The maximum Gasteiger partial charge on any atom is 0.225 e. The van der Waals surface area contributed by atoms with Crippen LogP contribution in [-0.4, -0.2) is 38.1 Å². The molecule has 122 valence electrons. The van der Waals surface area contributed by atoms with Gasteiger partial charge in [-0.1, -0.05) is 25.3 Å². The van der Waals surface area contributed by atoms with Crippen LogP contribution in [0.5, 0.6) is 0 Å². The van der Waals surface area contributed by atoms with Crippen LogP contribution in [0, 0.1) is 5.92 Å². The molecule has 6 heteroatoms. The van der Waals surface area contributed by atoms with Crippen LogP contribution in [0.2, 0.25) is 0 Å². The third-order valence-corrected chi connectivity index (χ3v) is 8.11. The number of nitrogens with zero attached hydrogens (tertiary/aromatic N) is 1. The average molecular weight is 341 g/mol. The molecule has 1 amide bonds. The van der Waals surface area contributed by atoms with E-state index in [1.807, 2.05) is 17.5 Å².